The molecule has 0 aromatic heterocycles. The molecule has 0 aliphatic rings. The highest BCUT2D eigenvalue weighted by atomic mass is 32.2. The molecule has 0 radical (unpaired) electrons. The second-order valence-corrected chi connectivity index (χ2v) is 7.10. The smallest absolute Gasteiger partial charge is 0.225 e. The predicted molar refractivity (Wildman–Crippen MR) is 97.8 cm³/mol. The number of para-hydroxylation sites is 1. The predicted octanol–water partition coefficient (Wildman–Crippen LogP) is 4.95. The molecule has 124 valence electrons. The van der Waals surface area contributed by atoms with Crippen molar-refractivity contribution in [3.8, 4) is 6.07 Å². The number of hydrogen-bond acceptors (Lipinski definition) is 4. The van der Waals surface area contributed by atoms with E-state index in [-0.39, 0.29) is 11.7 Å². The summed E-state index contributed by atoms with van der Waals surface area (Å²) in [6, 6.07) is 16.2. The van der Waals surface area contributed by atoms with E-state index < -0.39 is 0 Å². The number of hydrogen-bond donors (Lipinski definition) is 1. The molecule has 0 spiro atoms. The van der Waals surface area contributed by atoms with Crippen molar-refractivity contribution >= 4 is 35.1 Å². The maximum Gasteiger partial charge on any atom is 0.225 e. The third-order valence-corrected chi connectivity index (χ3v) is 5.18. The second-order valence-electron chi connectivity index (χ2n) is 4.83. The van der Waals surface area contributed by atoms with Crippen LogP contribution >= 0.6 is 23.5 Å². The number of thioether (sulfide) groups is 2. The molecule has 2 aromatic carbocycles. The van der Waals surface area contributed by atoms with Gasteiger partial charge < -0.3 is 5.32 Å². The van der Waals surface area contributed by atoms with E-state index in [9.17, 15) is 9.18 Å². The molecule has 0 fully saturated rings. The minimum Gasteiger partial charge on any atom is -0.325 e. The second kappa shape index (κ2) is 10.0. The third-order valence-electron chi connectivity index (χ3n) is 3.06. The zero-order chi connectivity index (χ0) is 17.2. The molecular formula is C18H17FN2OS2. The Kier molecular flexibility index (Phi) is 7.66. The van der Waals surface area contributed by atoms with E-state index in [4.69, 9.17) is 5.26 Å². The van der Waals surface area contributed by atoms with E-state index in [1.54, 1.807) is 30.0 Å². The normalized spacial score (nSPS) is 10.2. The van der Waals surface area contributed by atoms with Gasteiger partial charge in [0, 0.05) is 34.1 Å². The number of rotatable bonds is 8. The Morgan fingerprint density at radius 2 is 1.71 bits per heavy atom. The number of nitrogens with one attached hydrogen (secondary N) is 1. The Labute approximate surface area is 149 Å². The number of benzene rings is 2. The number of nitriles is 1. The summed E-state index contributed by atoms with van der Waals surface area (Å²) in [5, 5.41) is 11.5. The van der Waals surface area contributed by atoms with Gasteiger partial charge in [0.25, 0.3) is 0 Å². The van der Waals surface area contributed by atoms with Gasteiger partial charge in [-0.15, -0.1) is 23.5 Å². The summed E-state index contributed by atoms with van der Waals surface area (Å²) in [6.45, 7) is 0. The molecule has 1 N–H and O–H groups in total. The molecule has 0 saturated heterocycles. The average Bonchev–Trinajstić information content (AvgIpc) is 2.58. The summed E-state index contributed by atoms with van der Waals surface area (Å²) in [7, 11) is 0. The largest absolute Gasteiger partial charge is 0.325 e. The Hall–Kier alpha value is -1.97. The molecule has 1 amide bonds. The van der Waals surface area contributed by atoms with Crippen molar-refractivity contribution in [2.24, 2.45) is 0 Å². The molecular weight excluding hydrogens is 343 g/mol. The lowest BCUT2D eigenvalue weighted by atomic mass is 10.3. The van der Waals surface area contributed by atoms with E-state index in [2.05, 4.69) is 11.4 Å². The van der Waals surface area contributed by atoms with Crippen LogP contribution < -0.4 is 5.32 Å². The van der Waals surface area contributed by atoms with Crippen molar-refractivity contribution in [1.29, 1.82) is 5.26 Å². The SMILES string of the molecule is N#CCCSc1ccccc1NC(=O)CCSc1ccccc1F. The number of anilines is 1. The van der Waals surface area contributed by atoms with Crippen molar-refractivity contribution in [3.05, 3.63) is 54.3 Å². The summed E-state index contributed by atoms with van der Waals surface area (Å²) < 4.78 is 13.5. The molecule has 0 bridgehead atoms. The highest BCUT2D eigenvalue weighted by Crippen LogP contribution is 2.28. The van der Waals surface area contributed by atoms with Crippen molar-refractivity contribution in [1.82, 2.24) is 0 Å². The zero-order valence-electron chi connectivity index (χ0n) is 13.0. The first-order chi connectivity index (χ1) is 11.7. The number of carbonyl (C=O) groups is 1. The number of carbonyl (C=O) groups excluding carboxylic acids is 1. The van der Waals surface area contributed by atoms with Gasteiger partial charge in [-0.1, -0.05) is 24.3 Å². The molecule has 0 heterocycles. The molecule has 2 rings (SSSR count). The number of amides is 1. The summed E-state index contributed by atoms with van der Waals surface area (Å²) in [5.41, 5.74) is 0.751. The monoisotopic (exact) mass is 360 g/mol. The number of nitrogens with zero attached hydrogens (tertiary/aromatic N) is 1. The van der Waals surface area contributed by atoms with E-state index >= 15 is 0 Å². The molecule has 0 atom stereocenters. The first kappa shape index (κ1) is 18.4. The van der Waals surface area contributed by atoms with Crippen LogP contribution in [0.2, 0.25) is 0 Å². The van der Waals surface area contributed by atoms with Gasteiger partial charge in [0.15, 0.2) is 0 Å². The average molecular weight is 360 g/mol. The molecule has 0 saturated carbocycles. The van der Waals surface area contributed by atoms with Crippen LogP contribution in [-0.4, -0.2) is 17.4 Å². The molecule has 24 heavy (non-hydrogen) atoms. The molecule has 3 nitrogen and oxygen atoms in total. The lowest BCUT2D eigenvalue weighted by Crippen LogP contribution is -2.12. The highest BCUT2D eigenvalue weighted by Gasteiger charge is 2.08. The number of halogens is 1. The van der Waals surface area contributed by atoms with Gasteiger partial charge in [0.2, 0.25) is 5.91 Å². The van der Waals surface area contributed by atoms with Gasteiger partial charge in [-0.2, -0.15) is 5.26 Å². The van der Waals surface area contributed by atoms with Crippen LogP contribution in [-0.2, 0) is 4.79 Å². The Morgan fingerprint density at radius 3 is 2.46 bits per heavy atom. The van der Waals surface area contributed by atoms with Crippen molar-refractivity contribution in [2.75, 3.05) is 16.8 Å². The van der Waals surface area contributed by atoms with Crippen LogP contribution in [0.4, 0.5) is 10.1 Å². The fourth-order valence-corrected chi connectivity index (χ4v) is 3.68. The van der Waals surface area contributed by atoms with Crippen LogP contribution in [0, 0.1) is 17.1 Å². The van der Waals surface area contributed by atoms with E-state index in [0.29, 0.717) is 29.2 Å². The van der Waals surface area contributed by atoms with Crippen LogP contribution in [0.3, 0.4) is 0 Å². The molecule has 0 aliphatic carbocycles. The lowest BCUT2D eigenvalue weighted by Gasteiger charge is -2.10. The summed E-state index contributed by atoms with van der Waals surface area (Å²) in [4.78, 5) is 13.6. The van der Waals surface area contributed by atoms with Gasteiger partial charge in [-0.05, 0) is 24.3 Å². The summed E-state index contributed by atoms with van der Waals surface area (Å²) in [6.07, 6.45) is 0.766. The molecule has 0 aliphatic heterocycles. The summed E-state index contributed by atoms with van der Waals surface area (Å²) in [5.74, 6) is 0.831. The van der Waals surface area contributed by atoms with E-state index in [0.717, 1.165) is 10.6 Å². The first-order valence-electron chi connectivity index (χ1n) is 7.46. The minimum absolute atomic E-state index is 0.104. The zero-order valence-corrected chi connectivity index (χ0v) is 14.6. The Morgan fingerprint density at radius 1 is 1.04 bits per heavy atom. The topological polar surface area (TPSA) is 52.9 Å². The van der Waals surface area contributed by atoms with Gasteiger partial charge in [-0.25, -0.2) is 4.39 Å². The lowest BCUT2D eigenvalue weighted by molar-refractivity contribution is -0.115. The molecule has 6 heteroatoms. The quantitative estimate of drug-likeness (QED) is 0.534. The van der Waals surface area contributed by atoms with Crippen molar-refractivity contribution in [2.45, 2.75) is 22.6 Å². The Bertz CT molecular complexity index is 731. The highest BCUT2D eigenvalue weighted by molar-refractivity contribution is 7.99. The van der Waals surface area contributed by atoms with Gasteiger partial charge in [0.05, 0.1) is 11.8 Å². The molecule has 0 unspecified atom stereocenters. The van der Waals surface area contributed by atoms with Crippen LogP contribution in [0.25, 0.3) is 0 Å². The van der Waals surface area contributed by atoms with E-state index in [1.807, 2.05) is 24.3 Å². The molecule has 2 aromatic rings. The maximum atomic E-state index is 13.5. The van der Waals surface area contributed by atoms with Gasteiger partial charge >= 0.3 is 0 Å². The van der Waals surface area contributed by atoms with Crippen molar-refractivity contribution in [3.63, 3.8) is 0 Å². The van der Waals surface area contributed by atoms with Gasteiger partial charge in [-0.3, -0.25) is 4.79 Å². The van der Waals surface area contributed by atoms with Crippen LogP contribution in [0.1, 0.15) is 12.8 Å². The fraction of sp³-hybridized carbons (Fsp3) is 0.222. The van der Waals surface area contributed by atoms with Crippen LogP contribution in [0.5, 0.6) is 0 Å². The first-order valence-corrected chi connectivity index (χ1v) is 9.44. The third kappa shape index (κ3) is 5.91. The van der Waals surface area contributed by atoms with Crippen LogP contribution in [0.15, 0.2) is 58.3 Å². The minimum atomic E-state index is -0.262. The fourth-order valence-electron chi connectivity index (χ4n) is 1.93. The van der Waals surface area contributed by atoms with Gasteiger partial charge in [0.1, 0.15) is 5.82 Å². The van der Waals surface area contributed by atoms with E-state index in [1.165, 1.54) is 17.8 Å². The van der Waals surface area contributed by atoms with Crippen molar-refractivity contribution < 1.29 is 9.18 Å². The summed E-state index contributed by atoms with van der Waals surface area (Å²) >= 11 is 2.87. The standard InChI is InChI=1S/C18H17FN2OS2/c19-14-6-1-3-8-16(14)24-13-10-18(22)21-15-7-2-4-9-17(15)23-12-5-11-20/h1-4,6-9H,5,10,12-13H2,(H,21,22). The Balaban J connectivity index is 1.84. The maximum absolute atomic E-state index is 13.5.